The Balaban J connectivity index is 3.21. The Kier molecular flexibility index (Phi) is 3.12. The summed E-state index contributed by atoms with van der Waals surface area (Å²) in [5.41, 5.74) is 0. The third-order valence-electron chi connectivity index (χ3n) is 1.57. The molecule has 1 heterocycles. The molecule has 0 amide bonds. The summed E-state index contributed by atoms with van der Waals surface area (Å²) in [5, 5.41) is 8.58. The number of sulfonamides is 1. The third kappa shape index (κ3) is 2.35. The number of furan rings is 1. The Morgan fingerprint density at radius 1 is 1.60 bits per heavy atom. The topological polar surface area (TPSA) is 106 Å². The number of hydrogen-bond acceptors (Lipinski definition) is 5. The van der Waals surface area contributed by atoms with E-state index >= 15 is 0 Å². The summed E-state index contributed by atoms with van der Waals surface area (Å²) in [5.74, 6) is -1.79. The zero-order valence-electron chi connectivity index (χ0n) is 7.97. The van der Waals surface area contributed by atoms with Gasteiger partial charge < -0.3 is 9.52 Å². The van der Waals surface area contributed by atoms with Crippen molar-refractivity contribution >= 4 is 16.0 Å². The first-order valence-corrected chi connectivity index (χ1v) is 5.25. The summed E-state index contributed by atoms with van der Waals surface area (Å²) < 4.78 is 27.5. The van der Waals surface area contributed by atoms with E-state index in [4.69, 9.17) is 9.52 Å². The molecular formula is C7H9NO6S. The Bertz CT molecular complexity index is 474. The molecule has 0 saturated carbocycles. The SMILES string of the molecule is CONS(=O)(=O)c1cc(C(=O)O)oc1C. The van der Waals surface area contributed by atoms with Crippen LogP contribution in [0.2, 0.25) is 0 Å². The monoisotopic (exact) mass is 235 g/mol. The Hall–Kier alpha value is -1.38. The fourth-order valence-corrected chi connectivity index (χ4v) is 1.98. The summed E-state index contributed by atoms with van der Waals surface area (Å²) >= 11 is 0. The van der Waals surface area contributed by atoms with E-state index in [9.17, 15) is 13.2 Å². The lowest BCUT2D eigenvalue weighted by atomic mass is 10.4. The summed E-state index contributed by atoms with van der Waals surface area (Å²) in [6, 6.07) is 0.916. The van der Waals surface area contributed by atoms with Gasteiger partial charge in [0.1, 0.15) is 10.7 Å². The highest BCUT2D eigenvalue weighted by Crippen LogP contribution is 2.19. The highest BCUT2D eigenvalue weighted by Gasteiger charge is 2.23. The minimum atomic E-state index is -3.88. The standard InChI is InChI=1S/C7H9NO6S/c1-4-6(15(11,12)8-13-2)3-5(14-4)7(9)10/h3,8H,1-2H3,(H,9,10). The third-order valence-corrected chi connectivity index (χ3v) is 2.94. The molecule has 2 N–H and O–H groups in total. The maximum atomic E-state index is 11.4. The maximum Gasteiger partial charge on any atom is 0.371 e. The van der Waals surface area contributed by atoms with E-state index in [-0.39, 0.29) is 10.7 Å². The number of hydrogen-bond donors (Lipinski definition) is 2. The highest BCUT2D eigenvalue weighted by atomic mass is 32.2. The smallest absolute Gasteiger partial charge is 0.371 e. The number of aromatic carboxylic acids is 1. The molecule has 0 radical (unpaired) electrons. The van der Waals surface area contributed by atoms with Crippen molar-refractivity contribution in [2.75, 3.05) is 7.11 Å². The lowest BCUT2D eigenvalue weighted by molar-refractivity contribution is 0.0661. The van der Waals surface area contributed by atoms with Gasteiger partial charge in [-0.05, 0) is 6.92 Å². The predicted octanol–water partition coefficient (Wildman–Crippen LogP) is 0.126. The van der Waals surface area contributed by atoms with Crippen molar-refractivity contribution in [3.05, 3.63) is 17.6 Å². The molecule has 0 atom stereocenters. The summed E-state index contributed by atoms with van der Waals surface area (Å²) in [6.07, 6.45) is 0. The Morgan fingerprint density at radius 3 is 2.60 bits per heavy atom. The molecule has 8 heteroatoms. The van der Waals surface area contributed by atoms with Crippen LogP contribution in [-0.2, 0) is 14.9 Å². The molecule has 0 spiro atoms. The molecule has 1 aromatic heterocycles. The van der Waals surface area contributed by atoms with Gasteiger partial charge in [-0.1, -0.05) is 4.89 Å². The molecule has 0 unspecified atom stereocenters. The Labute approximate surface area is 85.7 Å². The van der Waals surface area contributed by atoms with Crippen LogP contribution in [0.1, 0.15) is 16.3 Å². The van der Waals surface area contributed by atoms with Gasteiger partial charge in [0.25, 0.3) is 10.0 Å². The van der Waals surface area contributed by atoms with Crippen molar-refractivity contribution in [3.8, 4) is 0 Å². The molecule has 0 bridgehead atoms. The van der Waals surface area contributed by atoms with Crippen LogP contribution >= 0.6 is 0 Å². The summed E-state index contributed by atoms with van der Waals surface area (Å²) in [6.45, 7) is 1.34. The Morgan fingerprint density at radius 2 is 2.20 bits per heavy atom. The molecule has 0 aliphatic heterocycles. The van der Waals surface area contributed by atoms with Crippen LogP contribution in [0.5, 0.6) is 0 Å². The van der Waals surface area contributed by atoms with Crippen molar-refractivity contribution in [1.29, 1.82) is 0 Å². The van der Waals surface area contributed by atoms with E-state index in [1.54, 1.807) is 4.89 Å². The van der Waals surface area contributed by atoms with Gasteiger partial charge >= 0.3 is 5.97 Å². The average molecular weight is 235 g/mol. The van der Waals surface area contributed by atoms with Crippen LogP contribution in [0.3, 0.4) is 0 Å². The summed E-state index contributed by atoms with van der Waals surface area (Å²) in [4.78, 5) is 16.3. The van der Waals surface area contributed by atoms with E-state index in [0.717, 1.165) is 13.2 Å². The van der Waals surface area contributed by atoms with Crippen LogP contribution in [0.25, 0.3) is 0 Å². The maximum absolute atomic E-state index is 11.4. The molecule has 0 saturated heterocycles. The molecule has 7 nitrogen and oxygen atoms in total. The second kappa shape index (κ2) is 4.01. The minimum Gasteiger partial charge on any atom is -0.475 e. The van der Waals surface area contributed by atoms with Crippen molar-refractivity contribution < 1.29 is 27.6 Å². The average Bonchev–Trinajstić information content (AvgIpc) is 2.47. The molecule has 15 heavy (non-hydrogen) atoms. The van der Waals surface area contributed by atoms with Crippen LogP contribution < -0.4 is 4.89 Å². The zero-order valence-corrected chi connectivity index (χ0v) is 8.79. The van der Waals surface area contributed by atoms with Crippen molar-refractivity contribution in [1.82, 2.24) is 4.89 Å². The van der Waals surface area contributed by atoms with Crippen molar-refractivity contribution in [2.24, 2.45) is 0 Å². The fraction of sp³-hybridized carbons (Fsp3) is 0.286. The lowest BCUT2D eigenvalue weighted by Crippen LogP contribution is -2.22. The molecule has 84 valence electrons. The number of carbonyl (C=O) groups is 1. The second-order valence-corrected chi connectivity index (χ2v) is 4.24. The van der Waals surface area contributed by atoms with Crippen molar-refractivity contribution in [3.63, 3.8) is 0 Å². The molecule has 1 rings (SSSR count). The first-order valence-electron chi connectivity index (χ1n) is 3.77. The molecule has 1 aromatic rings. The van der Waals surface area contributed by atoms with Gasteiger partial charge in [0.2, 0.25) is 5.76 Å². The van der Waals surface area contributed by atoms with Gasteiger partial charge in [-0.2, -0.15) is 0 Å². The van der Waals surface area contributed by atoms with Crippen molar-refractivity contribution in [2.45, 2.75) is 11.8 Å². The molecule has 0 aliphatic carbocycles. The van der Waals surface area contributed by atoms with Gasteiger partial charge in [0, 0.05) is 6.07 Å². The van der Waals surface area contributed by atoms with E-state index in [1.807, 2.05) is 0 Å². The van der Waals surface area contributed by atoms with Gasteiger partial charge in [-0.15, -0.1) is 0 Å². The van der Waals surface area contributed by atoms with E-state index in [0.29, 0.717) is 0 Å². The normalized spacial score (nSPS) is 11.6. The lowest BCUT2D eigenvalue weighted by Gasteiger charge is -2.00. The molecule has 0 aliphatic rings. The number of carboxylic acid groups (broad SMARTS) is 1. The largest absolute Gasteiger partial charge is 0.475 e. The number of carboxylic acids is 1. The van der Waals surface area contributed by atoms with E-state index < -0.39 is 21.8 Å². The number of nitrogens with one attached hydrogen (secondary N) is 1. The minimum absolute atomic E-state index is 0.0167. The first-order chi connectivity index (χ1) is 6.88. The van der Waals surface area contributed by atoms with Gasteiger partial charge in [-0.25, -0.2) is 13.2 Å². The van der Waals surface area contributed by atoms with Crippen LogP contribution in [-0.4, -0.2) is 26.6 Å². The van der Waals surface area contributed by atoms with E-state index in [1.165, 1.54) is 6.92 Å². The highest BCUT2D eigenvalue weighted by molar-refractivity contribution is 7.89. The fourth-order valence-electron chi connectivity index (χ4n) is 0.992. The molecule has 0 aromatic carbocycles. The molecular weight excluding hydrogens is 226 g/mol. The summed E-state index contributed by atoms with van der Waals surface area (Å²) in [7, 11) is -2.75. The van der Waals surface area contributed by atoms with Crippen LogP contribution in [0, 0.1) is 6.92 Å². The quantitative estimate of drug-likeness (QED) is 0.718. The van der Waals surface area contributed by atoms with Gasteiger partial charge in [-0.3, -0.25) is 4.84 Å². The number of aryl methyl sites for hydroxylation is 1. The van der Waals surface area contributed by atoms with Gasteiger partial charge in [0.15, 0.2) is 0 Å². The first kappa shape index (κ1) is 11.7. The second-order valence-electron chi connectivity index (χ2n) is 2.63. The van der Waals surface area contributed by atoms with Gasteiger partial charge in [0.05, 0.1) is 7.11 Å². The molecule has 0 fully saturated rings. The number of rotatable bonds is 4. The van der Waals surface area contributed by atoms with E-state index in [2.05, 4.69) is 4.84 Å². The zero-order chi connectivity index (χ0) is 11.6. The van der Waals surface area contributed by atoms with Crippen LogP contribution in [0.4, 0.5) is 0 Å². The predicted molar refractivity (Wildman–Crippen MR) is 47.7 cm³/mol. The van der Waals surface area contributed by atoms with Crippen LogP contribution in [0.15, 0.2) is 15.4 Å².